The van der Waals surface area contributed by atoms with Crippen LogP contribution >= 0.6 is 0 Å². The maximum atomic E-state index is 8.57. The van der Waals surface area contributed by atoms with Crippen LogP contribution in [0.1, 0.15) is 13.8 Å². The number of nitrogens with one attached hydrogen (secondary N) is 1. The Morgan fingerprint density at radius 3 is 2.69 bits per heavy atom. The van der Waals surface area contributed by atoms with E-state index in [-0.39, 0.29) is 6.61 Å². The predicted octanol–water partition coefficient (Wildman–Crippen LogP) is 0.156. The molecular formula is C10H22N2O. The highest BCUT2D eigenvalue weighted by Gasteiger charge is 2.25. The molecule has 0 atom stereocenters. The Morgan fingerprint density at radius 2 is 2.15 bits per heavy atom. The lowest BCUT2D eigenvalue weighted by Crippen LogP contribution is -2.51. The van der Waals surface area contributed by atoms with E-state index in [1.54, 1.807) is 0 Å². The second-order valence-corrected chi connectivity index (χ2v) is 4.41. The molecule has 1 aliphatic rings. The monoisotopic (exact) mass is 186 g/mol. The van der Waals surface area contributed by atoms with Crippen LogP contribution in [-0.4, -0.2) is 49.3 Å². The number of likely N-dealkylation sites (tertiary alicyclic amines) is 1. The van der Waals surface area contributed by atoms with Gasteiger partial charge >= 0.3 is 0 Å². The molecule has 0 unspecified atom stereocenters. The summed E-state index contributed by atoms with van der Waals surface area (Å²) in [5.41, 5.74) is 0. The van der Waals surface area contributed by atoms with Gasteiger partial charge in [-0.1, -0.05) is 13.8 Å². The van der Waals surface area contributed by atoms with E-state index in [2.05, 4.69) is 24.1 Å². The number of hydrogen-bond acceptors (Lipinski definition) is 3. The normalized spacial score (nSPS) is 19.4. The summed E-state index contributed by atoms with van der Waals surface area (Å²) in [4.78, 5) is 2.50. The van der Waals surface area contributed by atoms with Crippen molar-refractivity contribution in [3.8, 4) is 0 Å². The van der Waals surface area contributed by atoms with Crippen molar-refractivity contribution in [2.45, 2.75) is 13.8 Å². The highest BCUT2D eigenvalue weighted by Crippen LogP contribution is 2.15. The Kier molecular flexibility index (Phi) is 4.70. The number of aliphatic hydroxyl groups excluding tert-OH is 1. The second-order valence-electron chi connectivity index (χ2n) is 4.41. The van der Waals surface area contributed by atoms with E-state index in [4.69, 9.17) is 5.11 Å². The summed E-state index contributed by atoms with van der Waals surface area (Å²) in [5, 5.41) is 11.8. The molecule has 0 aromatic carbocycles. The van der Waals surface area contributed by atoms with Crippen LogP contribution in [-0.2, 0) is 0 Å². The Bertz CT molecular complexity index is 133. The fourth-order valence-corrected chi connectivity index (χ4v) is 1.86. The topological polar surface area (TPSA) is 35.5 Å². The van der Waals surface area contributed by atoms with Gasteiger partial charge in [-0.05, 0) is 11.8 Å². The first-order chi connectivity index (χ1) is 6.22. The average Bonchev–Trinajstić information content (AvgIpc) is 1.99. The van der Waals surface area contributed by atoms with Crippen LogP contribution in [0, 0.1) is 11.8 Å². The van der Waals surface area contributed by atoms with Crippen LogP contribution in [0.15, 0.2) is 0 Å². The third kappa shape index (κ3) is 4.07. The first kappa shape index (κ1) is 11.0. The van der Waals surface area contributed by atoms with E-state index in [1.165, 1.54) is 19.6 Å². The lowest BCUT2D eigenvalue weighted by molar-refractivity contribution is 0.0858. The molecule has 13 heavy (non-hydrogen) atoms. The molecule has 1 saturated heterocycles. The molecule has 0 aromatic heterocycles. The SMILES string of the molecule is CC(C)CN1CC(CNCCO)C1. The van der Waals surface area contributed by atoms with Gasteiger partial charge in [-0.3, -0.25) is 0 Å². The number of rotatable bonds is 6. The van der Waals surface area contributed by atoms with E-state index in [0.29, 0.717) is 0 Å². The Labute approximate surface area is 81.1 Å². The molecule has 0 radical (unpaired) electrons. The van der Waals surface area contributed by atoms with Crippen molar-refractivity contribution in [2.24, 2.45) is 11.8 Å². The summed E-state index contributed by atoms with van der Waals surface area (Å²) in [6.45, 7) is 10.3. The van der Waals surface area contributed by atoms with Crippen molar-refractivity contribution in [2.75, 3.05) is 39.3 Å². The minimum atomic E-state index is 0.252. The molecule has 3 nitrogen and oxygen atoms in total. The van der Waals surface area contributed by atoms with Gasteiger partial charge in [0.2, 0.25) is 0 Å². The van der Waals surface area contributed by atoms with Gasteiger partial charge in [0.15, 0.2) is 0 Å². The maximum absolute atomic E-state index is 8.57. The predicted molar refractivity (Wildman–Crippen MR) is 54.7 cm³/mol. The Balaban J connectivity index is 1.92. The molecule has 0 spiro atoms. The zero-order valence-corrected chi connectivity index (χ0v) is 8.79. The van der Waals surface area contributed by atoms with Crippen LogP contribution in [0.2, 0.25) is 0 Å². The van der Waals surface area contributed by atoms with Crippen LogP contribution in [0.5, 0.6) is 0 Å². The molecule has 0 aromatic rings. The van der Waals surface area contributed by atoms with Crippen LogP contribution in [0.3, 0.4) is 0 Å². The average molecular weight is 186 g/mol. The van der Waals surface area contributed by atoms with Gasteiger partial charge in [0, 0.05) is 32.7 Å². The zero-order chi connectivity index (χ0) is 9.68. The van der Waals surface area contributed by atoms with Crippen molar-refractivity contribution < 1.29 is 5.11 Å². The summed E-state index contributed by atoms with van der Waals surface area (Å²) < 4.78 is 0. The minimum Gasteiger partial charge on any atom is -0.395 e. The van der Waals surface area contributed by atoms with Crippen molar-refractivity contribution >= 4 is 0 Å². The third-order valence-electron chi connectivity index (χ3n) is 2.38. The molecule has 2 N–H and O–H groups in total. The molecule has 0 bridgehead atoms. The van der Waals surface area contributed by atoms with Gasteiger partial charge in [0.05, 0.1) is 6.61 Å². The van der Waals surface area contributed by atoms with Gasteiger partial charge in [0.1, 0.15) is 0 Å². The Hall–Kier alpha value is -0.120. The smallest absolute Gasteiger partial charge is 0.0555 e. The first-order valence-corrected chi connectivity index (χ1v) is 5.26. The third-order valence-corrected chi connectivity index (χ3v) is 2.38. The lowest BCUT2D eigenvalue weighted by Gasteiger charge is -2.40. The molecule has 0 amide bonds. The van der Waals surface area contributed by atoms with E-state index >= 15 is 0 Å². The fourth-order valence-electron chi connectivity index (χ4n) is 1.86. The highest BCUT2D eigenvalue weighted by molar-refractivity contribution is 4.81. The van der Waals surface area contributed by atoms with Crippen molar-refractivity contribution in [1.29, 1.82) is 0 Å². The maximum Gasteiger partial charge on any atom is 0.0555 e. The molecule has 1 fully saturated rings. The van der Waals surface area contributed by atoms with Gasteiger partial charge in [-0.15, -0.1) is 0 Å². The number of hydrogen-bond donors (Lipinski definition) is 2. The molecular weight excluding hydrogens is 164 g/mol. The van der Waals surface area contributed by atoms with E-state index in [9.17, 15) is 0 Å². The molecule has 1 rings (SSSR count). The van der Waals surface area contributed by atoms with Crippen molar-refractivity contribution in [3.63, 3.8) is 0 Å². The van der Waals surface area contributed by atoms with E-state index in [0.717, 1.165) is 24.9 Å². The largest absolute Gasteiger partial charge is 0.395 e. The first-order valence-electron chi connectivity index (χ1n) is 5.26. The molecule has 1 heterocycles. The zero-order valence-electron chi connectivity index (χ0n) is 8.79. The second kappa shape index (κ2) is 5.58. The lowest BCUT2D eigenvalue weighted by atomic mass is 9.98. The standard InChI is InChI=1S/C10H22N2O/c1-9(2)6-12-7-10(8-12)5-11-3-4-13/h9-11,13H,3-8H2,1-2H3. The summed E-state index contributed by atoms with van der Waals surface area (Å²) in [5.74, 6) is 1.59. The number of nitrogens with zero attached hydrogens (tertiary/aromatic N) is 1. The fraction of sp³-hybridized carbons (Fsp3) is 1.00. The summed E-state index contributed by atoms with van der Waals surface area (Å²) in [7, 11) is 0. The van der Waals surface area contributed by atoms with Crippen molar-refractivity contribution in [3.05, 3.63) is 0 Å². The molecule has 78 valence electrons. The van der Waals surface area contributed by atoms with Gasteiger partial charge in [0.25, 0.3) is 0 Å². The van der Waals surface area contributed by atoms with Gasteiger partial charge < -0.3 is 15.3 Å². The summed E-state index contributed by atoms with van der Waals surface area (Å²) in [6, 6.07) is 0. The van der Waals surface area contributed by atoms with Gasteiger partial charge in [-0.25, -0.2) is 0 Å². The minimum absolute atomic E-state index is 0.252. The molecule has 1 aliphatic heterocycles. The molecule has 0 aliphatic carbocycles. The summed E-state index contributed by atoms with van der Waals surface area (Å²) >= 11 is 0. The Morgan fingerprint density at radius 1 is 1.46 bits per heavy atom. The molecule has 0 saturated carbocycles. The van der Waals surface area contributed by atoms with E-state index < -0.39 is 0 Å². The number of aliphatic hydroxyl groups is 1. The van der Waals surface area contributed by atoms with E-state index in [1.807, 2.05) is 0 Å². The highest BCUT2D eigenvalue weighted by atomic mass is 16.3. The van der Waals surface area contributed by atoms with Gasteiger partial charge in [-0.2, -0.15) is 0 Å². The van der Waals surface area contributed by atoms with Crippen LogP contribution < -0.4 is 5.32 Å². The summed E-state index contributed by atoms with van der Waals surface area (Å²) in [6.07, 6.45) is 0. The quantitative estimate of drug-likeness (QED) is 0.580. The van der Waals surface area contributed by atoms with Crippen LogP contribution in [0.4, 0.5) is 0 Å². The van der Waals surface area contributed by atoms with Crippen molar-refractivity contribution in [1.82, 2.24) is 10.2 Å². The molecule has 3 heteroatoms. The van der Waals surface area contributed by atoms with Crippen LogP contribution in [0.25, 0.3) is 0 Å².